The molecule has 2 rings (SSSR count). The van der Waals surface area contributed by atoms with E-state index in [2.05, 4.69) is 16.5 Å². The Morgan fingerprint density at radius 2 is 2.32 bits per heavy atom. The van der Waals surface area contributed by atoms with Crippen molar-refractivity contribution in [2.24, 2.45) is 5.92 Å². The van der Waals surface area contributed by atoms with Gasteiger partial charge in [-0.3, -0.25) is 9.89 Å². The molecule has 0 saturated carbocycles. The molecule has 0 spiro atoms. The highest BCUT2D eigenvalue weighted by Crippen LogP contribution is 2.21. The Kier molecular flexibility index (Phi) is 4.91. The SMILES string of the molecule is CSC[C@@H]1CCCN(C(=O)Cc2c(C)n[nH]c2C)C1. The van der Waals surface area contributed by atoms with Gasteiger partial charge in [0.2, 0.25) is 5.91 Å². The molecule has 106 valence electrons. The van der Waals surface area contributed by atoms with E-state index in [1.165, 1.54) is 6.42 Å². The molecule has 0 bridgehead atoms. The maximum absolute atomic E-state index is 12.4. The van der Waals surface area contributed by atoms with Gasteiger partial charge in [-0.1, -0.05) is 0 Å². The zero-order valence-corrected chi connectivity index (χ0v) is 12.8. The van der Waals surface area contributed by atoms with Crippen LogP contribution in [0.15, 0.2) is 0 Å². The number of hydrogen-bond acceptors (Lipinski definition) is 3. The van der Waals surface area contributed by atoms with Gasteiger partial charge in [-0.25, -0.2) is 0 Å². The minimum absolute atomic E-state index is 0.249. The fraction of sp³-hybridized carbons (Fsp3) is 0.714. The number of carbonyl (C=O) groups is 1. The quantitative estimate of drug-likeness (QED) is 0.920. The molecule has 0 unspecified atom stereocenters. The summed E-state index contributed by atoms with van der Waals surface area (Å²) in [6, 6.07) is 0. The van der Waals surface area contributed by atoms with Crippen molar-refractivity contribution in [1.82, 2.24) is 15.1 Å². The van der Waals surface area contributed by atoms with Crippen LogP contribution in [0.3, 0.4) is 0 Å². The van der Waals surface area contributed by atoms with Crippen LogP contribution in [-0.4, -0.2) is 46.1 Å². The number of thioether (sulfide) groups is 1. The smallest absolute Gasteiger partial charge is 0.227 e. The third kappa shape index (κ3) is 3.53. The summed E-state index contributed by atoms with van der Waals surface area (Å²) < 4.78 is 0. The van der Waals surface area contributed by atoms with Crippen molar-refractivity contribution in [3.63, 3.8) is 0 Å². The predicted molar refractivity (Wildman–Crippen MR) is 79.5 cm³/mol. The molecule has 1 atom stereocenters. The van der Waals surface area contributed by atoms with E-state index in [0.29, 0.717) is 12.3 Å². The second-order valence-electron chi connectivity index (χ2n) is 5.39. The fourth-order valence-electron chi connectivity index (χ4n) is 2.76. The lowest BCUT2D eigenvalue weighted by Gasteiger charge is -2.32. The predicted octanol–water partition coefficient (Wildman–Crippen LogP) is 2.17. The van der Waals surface area contributed by atoms with Gasteiger partial charge < -0.3 is 4.90 Å². The average molecular weight is 281 g/mol. The van der Waals surface area contributed by atoms with Crippen molar-refractivity contribution in [1.29, 1.82) is 0 Å². The van der Waals surface area contributed by atoms with Crippen LogP contribution in [-0.2, 0) is 11.2 Å². The van der Waals surface area contributed by atoms with E-state index in [0.717, 1.165) is 42.2 Å². The van der Waals surface area contributed by atoms with Crippen molar-refractivity contribution in [3.05, 3.63) is 17.0 Å². The number of amides is 1. The molecule has 0 radical (unpaired) electrons. The fourth-order valence-corrected chi connectivity index (χ4v) is 3.50. The van der Waals surface area contributed by atoms with Gasteiger partial charge in [-0.05, 0) is 44.6 Å². The van der Waals surface area contributed by atoms with E-state index in [1.54, 1.807) is 0 Å². The molecule has 1 saturated heterocycles. The largest absolute Gasteiger partial charge is 0.342 e. The molecule has 1 amide bonds. The summed E-state index contributed by atoms with van der Waals surface area (Å²) in [6.07, 6.45) is 5.02. The second kappa shape index (κ2) is 6.46. The van der Waals surface area contributed by atoms with Crippen LogP contribution >= 0.6 is 11.8 Å². The lowest BCUT2D eigenvalue weighted by atomic mass is 9.99. The molecule has 4 nitrogen and oxygen atoms in total. The number of aromatic nitrogens is 2. The highest BCUT2D eigenvalue weighted by molar-refractivity contribution is 7.98. The Balaban J connectivity index is 1.96. The van der Waals surface area contributed by atoms with Gasteiger partial charge in [0.05, 0.1) is 12.1 Å². The molecule has 1 N–H and O–H groups in total. The number of nitrogens with zero attached hydrogens (tertiary/aromatic N) is 2. The number of hydrogen-bond donors (Lipinski definition) is 1. The van der Waals surface area contributed by atoms with Crippen LogP contribution in [0.4, 0.5) is 0 Å². The second-order valence-corrected chi connectivity index (χ2v) is 6.30. The number of H-pyrrole nitrogens is 1. The van der Waals surface area contributed by atoms with E-state index in [1.807, 2.05) is 30.5 Å². The van der Waals surface area contributed by atoms with Crippen molar-refractivity contribution < 1.29 is 4.79 Å². The Hall–Kier alpha value is -0.970. The van der Waals surface area contributed by atoms with Gasteiger partial charge in [0.1, 0.15) is 0 Å². The van der Waals surface area contributed by atoms with Crippen LogP contribution in [0.5, 0.6) is 0 Å². The molecule has 1 aliphatic rings. The zero-order valence-electron chi connectivity index (χ0n) is 12.0. The van der Waals surface area contributed by atoms with E-state index < -0.39 is 0 Å². The minimum atomic E-state index is 0.249. The van der Waals surface area contributed by atoms with Gasteiger partial charge in [0.15, 0.2) is 0 Å². The number of rotatable bonds is 4. The number of nitrogens with one attached hydrogen (secondary N) is 1. The highest BCUT2D eigenvalue weighted by atomic mass is 32.2. The Labute approximate surface area is 119 Å². The van der Waals surface area contributed by atoms with Crippen molar-refractivity contribution >= 4 is 17.7 Å². The van der Waals surface area contributed by atoms with Crippen LogP contribution < -0.4 is 0 Å². The minimum Gasteiger partial charge on any atom is -0.342 e. The zero-order chi connectivity index (χ0) is 13.8. The lowest BCUT2D eigenvalue weighted by Crippen LogP contribution is -2.41. The number of carbonyl (C=O) groups excluding carboxylic acids is 1. The topological polar surface area (TPSA) is 49.0 Å². The Morgan fingerprint density at radius 3 is 2.95 bits per heavy atom. The lowest BCUT2D eigenvalue weighted by molar-refractivity contribution is -0.132. The standard InChI is InChI=1S/C14H23N3OS/c1-10-13(11(2)16-15-10)7-14(18)17-6-4-5-12(8-17)9-19-3/h12H,4-9H2,1-3H3,(H,15,16)/t12-/m1/s1. The normalized spacial score (nSPS) is 19.7. The van der Waals surface area contributed by atoms with Crippen molar-refractivity contribution in [2.45, 2.75) is 33.1 Å². The summed E-state index contributed by atoms with van der Waals surface area (Å²) in [4.78, 5) is 14.4. The summed E-state index contributed by atoms with van der Waals surface area (Å²) in [5, 5.41) is 7.11. The van der Waals surface area contributed by atoms with E-state index in [4.69, 9.17) is 0 Å². The molecule has 19 heavy (non-hydrogen) atoms. The summed E-state index contributed by atoms with van der Waals surface area (Å²) in [7, 11) is 0. The van der Waals surface area contributed by atoms with Gasteiger partial charge in [0.25, 0.3) is 0 Å². The van der Waals surface area contributed by atoms with Crippen LogP contribution in [0.25, 0.3) is 0 Å². The maximum Gasteiger partial charge on any atom is 0.227 e. The molecule has 0 aliphatic carbocycles. The number of aromatic amines is 1. The molecule has 1 aliphatic heterocycles. The number of piperidine rings is 1. The molecule has 1 aromatic rings. The maximum atomic E-state index is 12.4. The van der Waals surface area contributed by atoms with Gasteiger partial charge in [0, 0.05) is 24.3 Å². The molecule has 5 heteroatoms. The van der Waals surface area contributed by atoms with E-state index in [9.17, 15) is 4.79 Å². The molecule has 1 aromatic heterocycles. The Bertz CT molecular complexity index is 422. The third-order valence-electron chi connectivity index (χ3n) is 3.88. The summed E-state index contributed by atoms with van der Waals surface area (Å²) >= 11 is 1.88. The summed E-state index contributed by atoms with van der Waals surface area (Å²) in [6.45, 7) is 5.78. The van der Waals surface area contributed by atoms with Crippen molar-refractivity contribution in [3.8, 4) is 0 Å². The summed E-state index contributed by atoms with van der Waals surface area (Å²) in [5.74, 6) is 2.07. The first-order valence-electron chi connectivity index (χ1n) is 6.89. The molecular weight excluding hydrogens is 258 g/mol. The van der Waals surface area contributed by atoms with Gasteiger partial charge in [-0.15, -0.1) is 0 Å². The van der Waals surface area contributed by atoms with Gasteiger partial charge >= 0.3 is 0 Å². The van der Waals surface area contributed by atoms with Crippen LogP contribution in [0.1, 0.15) is 29.8 Å². The third-order valence-corrected chi connectivity index (χ3v) is 4.69. The van der Waals surface area contributed by atoms with Crippen LogP contribution in [0.2, 0.25) is 0 Å². The van der Waals surface area contributed by atoms with Crippen molar-refractivity contribution in [2.75, 3.05) is 25.1 Å². The van der Waals surface area contributed by atoms with Crippen LogP contribution in [0, 0.1) is 19.8 Å². The molecule has 1 fully saturated rings. The first-order chi connectivity index (χ1) is 9.11. The monoisotopic (exact) mass is 281 g/mol. The molecular formula is C14H23N3OS. The number of aryl methyl sites for hydroxylation is 2. The molecule has 2 heterocycles. The van der Waals surface area contributed by atoms with E-state index in [-0.39, 0.29) is 5.91 Å². The van der Waals surface area contributed by atoms with E-state index >= 15 is 0 Å². The number of likely N-dealkylation sites (tertiary alicyclic amines) is 1. The first kappa shape index (κ1) is 14.4. The average Bonchev–Trinajstić information content (AvgIpc) is 2.71. The molecule has 0 aromatic carbocycles. The van der Waals surface area contributed by atoms with Gasteiger partial charge in [-0.2, -0.15) is 16.9 Å². The Morgan fingerprint density at radius 1 is 1.53 bits per heavy atom. The highest BCUT2D eigenvalue weighted by Gasteiger charge is 2.24. The first-order valence-corrected chi connectivity index (χ1v) is 8.28. The summed E-state index contributed by atoms with van der Waals surface area (Å²) in [5.41, 5.74) is 3.03.